The minimum Gasteiger partial charge on any atom is -0.465 e. The number of alkyl halides is 1. The zero-order chi connectivity index (χ0) is 13.2. The highest BCUT2D eigenvalue weighted by Gasteiger charge is 2.21. The van der Waals surface area contributed by atoms with E-state index in [9.17, 15) is 13.6 Å². The quantitative estimate of drug-likeness (QED) is 0.855. The molecule has 0 spiro atoms. The Kier molecular flexibility index (Phi) is 3.70. The summed E-state index contributed by atoms with van der Waals surface area (Å²) < 4.78 is 27.2. The number of benzene rings is 1. The number of hydrogen-bond donors (Lipinski definition) is 2. The predicted molar refractivity (Wildman–Crippen MR) is 60.1 cm³/mol. The normalized spacial score (nSPS) is 13.2. The molecule has 3 nitrogen and oxygen atoms in total. The molecule has 0 saturated heterocycles. The van der Waals surface area contributed by atoms with Crippen molar-refractivity contribution < 1.29 is 18.7 Å². The molecule has 0 aromatic heterocycles. The van der Waals surface area contributed by atoms with Crippen LogP contribution in [0.4, 0.5) is 13.6 Å². The van der Waals surface area contributed by atoms with E-state index in [-0.39, 0.29) is 11.1 Å². The lowest BCUT2D eigenvalue weighted by Gasteiger charge is -2.18. The molecule has 1 amide bonds. The van der Waals surface area contributed by atoms with Gasteiger partial charge in [-0.25, -0.2) is 13.6 Å². The van der Waals surface area contributed by atoms with Crippen molar-refractivity contribution in [1.29, 1.82) is 0 Å². The molecule has 5 heteroatoms. The number of halogens is 2. The average molecular weight is 243 g/mol. The molecule has 1 rings (SSSR count). The molecule has 0 aliphatic carbocycles. The standard InChI is InChI=1S/C12H15F2NO2/c1-7(15-11(16)17)9-5-4-8(6-10(9)13)12(2,3)14/h4-7,15H,1-3H3,(H,16,17). The summed E-state index contributed by atoms with van der Waals surface area (Å²) in [7, 11) is 0. The molecule has 0 saturated carbocycles. The molecule has 0 radical (unpaired) electrons. The van der Waals surface area contributed by atoms with Gasteiger partial charge in [-0.05, 0) is 32.4 Å². The van der Waals surface area contributed by atoms with E-state index in [1.165, 1.54) is 32.9 Å². The highest BCUT2D eigenvalue weighted by atomic mass is 19.1. The van der Waals surface area contributed by atoms with Crippen molar-refractivity contribution >= 4 is 6.09 Å². The van der Waals surface area contributed by atoms with Gasteiger partial charge in [0, 0.05) is 5.56 Å². The minimum atomic E-state index is -1.62. The largest absolute Gasteiger partial charge is 0.465 e. The summed E-state index contributed by atoms with van der Waals surface area (Å²) in [6.45, 7) is 4.19. The molecule has 0 bridgehead atoms. The summed E-state index contributed by atoms with van der Waals surface area (Å²) in [5, 5.41) is 10.7. The van der Waals surface area contributed by atoms with E-state index >= 15 is 0 Å². The number of hydrogen-bond acceptors (Lipinski definition) is 1. The van der Waals surface area contributed by atoms with Gasteiger partial charge in [-0.15, -0.1) is 0 Å². The zero-order valence-corrected chi connectivity index (χ0v) is 9.92. The van der Waals surface area contributed by atoms with Gasteiger partial charge in [0.05, 0.1) is 6.04 Å². The molecule has 0 heterocycles. The van der Waals surface area contributed by atoms with Gasteiger partial charge in [0.15, 0.2) is 0 Å². The molecule has 2 N–H and O–H groups in total. The van der Waals surface area contributed by atoms with Crippen LogP contribution in [0.2, 0.25) is 0 Å². The summed E-state index contributed by atoms with van der Waals surface area (Å²) in [4.78, 5) is 10.4. The topological polar surface area (TPSA) is 49.3 Å². The first-order valence-electron chi connectivity index (χ1n) is 5.20. The summed E-state index contributed by atoms with van der Waals surface area (Å²) in [5.74, 6) is -0.616. The van der Waals surface area contributed by atoms with E-state index < -0.39 is 23.6 Å². The van der Waals surface area contributed by atoms with Crippen LogP contribution in [-0.2, 0) is 5.67 Å². The number of nitrogens with one attached hydrogen (secondary N) is 1. The number of carbonyl (C=O) groups is 1. The van der Waals surface area contributed by atoms with E-state index in [4.69, 9.17) is 5.11 Å². The maximum absolute atomic E-state index is 13.7. The molecule has 1 aromatic carbocycles. The van der Waals surface area contributed by atoms with Crippen molar-refractivity contribution in [2.75, 3.05) is 0 Å². The predicted octanol–water partition coefficient (Wildman–Crippen LogP) is 3.36. The van der Waals surface area contributed by atoms with E-state index in [0.717, 1.165) is 6.07 Å². The third kappa shape index (κ3) is 3.41. The number of carboxylic acid groups (broad SMARTS) is 1. The van der Waals surface area contributed by atoms with Crippen molar-refractivity contribution in [2.24, 2.45) is 0 Å². The second kappa shape index (κ2) is 4.69. The Labute approximate surface area is 98.5 Å². The minimum absolute atomic E-state index is 0.195. The smallest absolute Gasteiger partial charge is 0.405 e. The van der Waals surface area contributed by atoms with Crippen LogP contribution in [0.3, 0.4) is 0 Å². The summed E-state index contributed by atoms with van der Waals surface area (Å²) in [6, 6.07) is 3.27. The molecule has 0 aliphatic rings. The third-order valence-corrected chi connectivity index (χ3v) is 2.49. The highest BCUT2D eigenvalue weighted by Crippen LogP contribution is 2.27. The van der Waals surface area contributed by atoms with E-state index in [1.807, 2.05) is 0 Å². The molecular weight excluding hydrogens is 228 g/mol. The molecule has 0 fully saturated rings. The van der Waals surface area contributed by atoms with Crippen LogP contribution in [0.25, 0.3) is 0 Å². The van der Waals surface area contributed by atoms with Crippen molar-refractivity contribution in [3.63, 3.8) is 0 Å². The van der Waals surface area contributed by atoms with Gasteiger partial charge in [0.1, 0.15) is 11.5 Å². The fourth-order valence-electron chi connectivity index (χ4n) is 1.51. The van der Waals surface area contributed by atoms with Crippen molar-refractivity contribution in [2.45, 2.75) is 32.5 Å². The maximum atomic E-state index is 13.7. The molecule has 17 heavy (non-hydrogen) atoms. The van der Waals surface area contributed by atoms with Gasteiger partial charge in [0.2, 0.25) is 0 Å². The van der Waals surface area contributed by atoms with Gasteiger partial charge in [-0.2, -0.15) is 0 Å². The first-order valence-corrected chi connectivity index (χ1v) is 5.20. The van der Waals surface area contributed by atoms with E-state index in [2.05, 4.69) is 5.32 Å². The van der Waals surface area contributed by atoms with Gasteiger partial charge >= 0.3 is 6.09 Å². The third-order valence-electron chi connectivity index (χ3n) is 2.49. The number of rotatable bonds is 3. The van der Waals surface area contributed by atoms with Crippen LogP contribution < -0.4 is 5.32 Å². The molecule has 1 aromatic rings. The van der Waals surface area contributed by atoms with Crippen LogP contribution in [0.15, 0.2) is 18.2 Å². The van der Waals surface area contributed by atoms with Crippen molar-refractivity contribution in [1.82, 2.24) is 5.32 Å². The summed E-state index contributed by atoms with van der Waals surface area (Å²) >= 11 is 0. The number of amides is 1. The van der Waals surface area contributed by atoms with Crippen molar-refractivity contribution in [3.8, 4) is 0 Å². The fraction of sp³-hybridized carbons (Fsp3) is 0.417. The molecule has 1 unspecified atom stereocenters. The van der Waals surface area contributed by atoms with Gasteiger partial charge in [0.25, 0.3) is 0 Å². The highest BCUT2D eigenvalue weighted by molar-refractivity contribution is 5.65. The Balaban J connectivity index is 3.02. The maximum Gasteiger partial charge on any atom is 0.405 e. The lowest BCUT2D eigenvalue weighted by atomic mass is 9.97. The van der Waals surface area contributed by atoms with Crippen LogP contribution in [0, 0.1) is 5.82 Å². The first kappa shape index (κ1) is 13.4. The van der Waals surface area contributed by atoms with Gasteiger partial charge in [-0.1, -0.05) is 12.1 Å². The molecule has 0 aliphatic heterocycles. The lowest BCUT2D eigenvalue weighted by molar-refractivity contribution is 0.190. The van der Waals surface area contributed by atoms with E-state index in [1.54, 1.807) is 0 Å². The molecule has 1 atom stereocenters. The average Bonchev–Trinajstić information content (AvgIpc) is 2.14. The second-order valence-corrected chi connectivity index (χ2v) is 4.38. The SMILES string of the molecule is CC(NC(=O)O)c1ccc(C(C)(C)F)cc1F. The van der Waals surface area contributed by atoms with Crippen LogP contribution >= 0.6 is 0 Å². The first-order chi connectivity index (χ1) is 7.71. The lowest BCUT2D eigenvalue weighted by Crippen LogP contribution is -2.25. The zero-order valence-electron chi connectivity index (χ0n) is 9.92. The molecular formula is C12H15F2NO2. The summed E-state index contributed by atoms with van der Waals surface area (Å²) in [6.07, 6.45) is -1.23. The summed E-state index contributed by atoms with van der Waals surface area (Å²) in [5.41, 5.74) is -1.20. The van der Waals surface area contributed by atoms with Gasteiger partial charge in [-0.3, -0.25) is 0 Å². The van der Waals surface area contributed by atoms with Crippen LogP contribution in [0.1, 0.15) is 37.9 Å². The Bertz CT molecular complexity index is 427. The van der Waals surface area contributed by atoms with Crippen LogP contribution in [0.5, 0.6) is 0 Å². The Morgan fingerprint density at radius 2 is 2.06 bits per heavy atom. The monoisotopic (exact) mass is 243 g/mol. The Morgan fingerprint density at radius 1 is 1.47 bits per heavy atom. The molecule has 94 valence electrons. The van der Waals surface area contributed by atoms with Crippen LogP contribution in [-0.4, -0.2) is 11.2 Å². The van der Waals surface area contributed by atoms with Gasteiger partial charge < -0.3 is 10.4 Å². The van der Waals surface area contributed by atoms with Crippen molar-refractivity contribution in [3.05, 3.63) is 35.1 Å². The fourth-order valence-corrected chi connectivity index (χ4v) is 1.51. The Morgan fingerprint density at radius 3 is 2.47 bits per heavy atom. The second-order valence-electron chi connectivity index (χ2n) is 4.38. The van der Waals surface area contributed by atoms with E-state index in [0.29, 0.717) is 0 Å². The Hall–Kier alpha value is -1.65.